The van der Waals surface area contributed by atoms with Crippen LogP contribution in [0.5, 0.6) is 0 Å². The number of fused-ring (bicyclic) bond motifs is 1. The minimum atomic E-state index is -0.0284. The predicted molar refractivity (Wildman–Crippen MR) is 99.0 cm³/mol. The third-order valence-electron chi connectivity index (χ3n) is 3.67. The molecule has 0 saturated heterocycles. The van der Waals surface area contributed by atoms with Crippen molar-refractivity contribution >= 4 is 50.5 Å². The lowest BCUT2D eigenvalue weighted by molar-refractivity contribution is 0.798. The van der Waals surface area contributed by atoms with Gasteiger partial charge in [0, 0.05) is 39.9 Å². The van der Waals surface area contributed by atoms with Crippen LogP contribution in [0.1, 0.15) is 11.1 Å². The third-order valence-corrected chi connectivity index (χ3v) is 4.77. The first-order valence-electron chi connectivity index (χ1n) is 7.00. The van der Waals surface area contributed by atoms with Crippen molar-refractivity contribution in [3.8, 4) is 0 Å². The second-order valence-corrected chi connectivity index (χ2v) is 7.25. The lowest BCUT2D eigenvalue weighted by Gasteiger charge is -2.28. The van der Waals surface area contributed by atoms with Gasteiger partial charge in [0.15, 0.2) is 0 Å². The maximum atomic E-state index is 6.39. The van der Waals surface area contributed by atoms with Crippen molar-refractivity contribution in [3.05, 3.63) is 63.1 Å². The summed E-state index contributed by atoms with van der Waals surface area (Å²) in [6.07, 6.45) is 0. The summed E-state index contributed by atoms with van der Waals surface area (Å²) < 4.78 is 1.02. The summed E-state index contributed by atoms with van der Waals surface area (Å²) in [7, 11) is 2.05. The molecule has 0 amide bonds. The fraction of sp³-hybridized carbons (Fsp3) is 0.235. The van der Waals surface area contributed by atoms with Gasteiger partial charge in [0.2, 0.25) is 0 Å². The van der Waals surface area contributed by atoms with Crippen molar-refractivity contribution in [3.63, 3.8) is 0 Å². The van der Waals surface area contributed by atoms with Gasteiger partial charge in [0.05, 0.1) is 17.6 Å². The van der Waals surface area contributed by atoms with Gasteiger partial charge < -0.3 is 4.90 Å². The maximum Gasteiger partial charge on any atom is 0.0755 e. The van der Waals surface area contributed by atoms with Gasteiger partial charge >= 0.3 is 0 Å². The average Bonchev–Trinajstić information content (AvgIpc) is 2.48. The zero-order valence-corrected chi connectivity index (χ0v) is 15.2. The molecule has 0 N–H and O–H groups in total. The van der Waals surface area contributed by atoms with E-state index in [0.717, 1.165) is 33.5 Å². The van der Waals surface area contributed by atoms with E-state index >= 15 is 0 Å². The van der Waals surface area contributed by atoms with E-state index in [4.69, 9.17) is 28.2 Å². The molecule has 1 atom stereocenters. The quantitative estimate of drug-likeness (QED) is 0.618. The molecule has 2 aromatic carbocycles. The van der Waals surface area contributed by atoms with Gasteiger partial charge in [-0.3, -0.25) is 4.99 Å². The van der Waals surface area contributed by atoms with E-state index in [0.29, 0.717) is 11.6 Å². The van der Waals surface area contributed by atoms with E-state index in [9.17, 15) is 0 Å². The van der Waals surface area contributed by atoms with Gasteiger partial charge in [0.1, 0.15) is 0 Å². The summed E-state index contributed by atoms with van der Waals surface area (Å²) in [5, 5.41) is 0.667. The number of aliphatic imine (C=N–C) groups is 1. The van der Waals surface area contributed by atoms with Gasteiger partial charge in [-0.1, -0.05) is 45.7 Å². The van der Waals surface area contributed by atoms with E-state index in [1.165, 1.54) is 0 Å². The Hall–Kier alpha value is -1.03. The zero-order chi connectivity index (χ0) is 15.7. The molecule has 0 aliphatic carbocycles. The molecule has 5 heteroatoms. The number of nitrogens with zero attached hydrogens (tertiary/aromatic N) is 2. The van der Waals surface area contributed by atoms with E-state index in [-0.39, 0.29) is 5.38 Å². The zero-order valence-electron chi connectivity index (χ0n) is 12.1. The Kier molecular flexibility index (Phi) is 4.76. The van der Waals surface area contributed by atoms with Gasteiger partial charge in [-0.25, -0.2) is 0 Å². The highest BCUT2D eigenvalue weighted by Gasteiger charge is 2.21. The van der Waals surface area contributed by atoms with Crippen molar-refractivity contribution in [1.82, 2.24) is 0 Å². The fourth-order valence-electron chi connectivity index (χ4n) is 2.64. The lowest BCUT2D eigenvalue weighted by atomic mass is 9.99. The Morgan fingerprint density at radius 3 is 2.73 bits per heavy atom. The van der Waals surface area contributed by atoms with E-state index < -0.39 is 0 Å². The summed E-state index contributed by atoms with van der Waals surface area (Å²) >= 11 is 16.3. The smallest absolute Gasteiger partial charge is 0.0755 e. The van der Waals surface area contributed by atoms with E-state index in [1.54, 1.807) is 0 Å². The molecular formula is C17H15BrCl2N2. The first-order chi connectivity index (χ1) is 10.6. The molecule has 3 rings (SSSR count). The van der Waals surface area contributed by atoms with Crippen LogP contribution in [0.15, 0.2) is 51.9 Å². The van der Waals surface area contributed by atoms with Crippen LogP contribution in [0.4, 0.5) is 5.69 Å². The highest BCUT2D eigenvalue weighted by Crippen LogP contribution is 2.30. The first kappa shape index (κ1) is 15.9. The van der Waals surface area contributed by atoms with Gasteiger partial charge in [-0.2, -0.15) is 0 Å². The number of benzene rings is 2. The predicted octanol–water partition coefficient (Wildman–Crippen LogP) is 5.00. The van der Waals surface area contributed by atoms with Crippen molar-refractivity contribution in [2.75, 3.05) is 25.0 Å². The van der Waals surface area contributed by atoms with Gasteiger partial charge in [-0.15, -0.1) is 11.6 Å². The standard InChI is InChI=1S/C17H15BrCl2N2/c1-22-10-12(19)9-21-17(13-4-2-3-5-15(13)20)14-8-11(18)6-7-16(14)22/h2-8,12H,9-10H2,1H3/b21-17-. The number of anilines is 1. The molecular weight excluding hydrogens is 383 g/mol. The second kappa shape index (κ2) is 6.61. The molecule has 0 fully saturated rings. The summed E-state index contributed by atoms with van der Waals surface area (Å²) in [6.45, 7) is 1.33. The molecule has 22 heavy (non-hydrogen) atoms. The minimum absolute atomic E-state index is 0.0284. The highest BCUT2D eigenvalue weighted by molar-refractivity contribution is 9.10. The van der Waals surface area contributed by atoms with Crippen molar-refractivity contribution in [2.24, 2.45) is 4.99 Å². The lowest BCUT2D eigenvalue weighted by Crippen LogP contribution is -2.31. The monoisotopic (exact) mass is 396 g/mol. The third kappa shape index (κ3) is 3.17. The Morgan fingerprint density at radius 1 is 1.18 bits per heavy atom. The molecule has 1 unspecified atom stereocenters. The van der Waals surface area contributed by atoms with Crippen molar-refractivity contribution in [1.29, 1.82) is 0 Å². The summed E-state index contributed by atoms with van der Waals surface area (Å²) in [5.41, 5.74) is 3.99. The van der Waals surface area contributed by atoms with Crippen LogP contribution in [0.3, 0.4) is 0 Å². The fourth-order valence-corrected chi connectivity index (χ4v) is 3.51. The molecule has 1 aliphatic rings. The van der Waals surface area contributed by atoms with Crippen LogP contribution >= 0.6 is 39.1 Å². The molecule has 0 saturated carbocycles. The minimum Gasteiger partial charge on any atom is -0.372 e. The topological polar surface area (TPSA) is 15.6 Å². The first-order valence-corrected chi connectivity index (χ1v) is 8.61. The molecule has 1 aliphatic heterocycles. The summed E-state index contributed by atoms with van der Waals surface area (Å²) in [6, 6.07) is 14.0. The summed E-state index contributed by atoms with van der Waals surface area (Å²) in [4.78, 5) is 6.94. The SMILES string of the molecule is CN1CC(Cl)C/N=C(/c2ccccc2Cl)c2cc(Br)ccc21. The van der Waals surface area contributed by atoms with E-state index in [1.807, 2.05) is 30.3 Å². The maximum absolute atomic E-state index is 6.39. The van der Waals surface area contributed by atoms with Crippen molar-refractivity contribution < 1.29 is 0 Å². The van der Waals surface area contributed by atoms with Gasteiger partial charge in [-0.05, 0) is 24.3 Å². The number of hydrogen-bond donors (Lipinski definition) is 0. The van der Waals surface area contributed by atoms with Crippen LogP contribution in [0, 0.1) is 0 Å². The molecule has 0 bridgehead atoms. The second-order valence-electron chi connectivity index (χ2n) is 5.31. The van der Waals surface area contributed by atoms with Gasteiger partial charge in [0.25, 0.3) is 0 Å². The Bertz CT molecular complexity index is 730. The molecule has 0 aromatic heterocycles. The Labute approximate surface area is 148 Å². The summed E-state index contributed by atoms with van der Waals surface area (Å²) in [5.74, 6) is 0. The number of rotatable bonds is 1. The molecule has 2 nitrogen and oxygen atoms in total. The molecule has 0 spiro atoms. The molecule has 2 aromatic rings. The number of hydrogen-bond acceptors (Lipinski definition) is 2. The van der Waals surface area contributed by atoms with Crippen LogP contribution in [-0.4, -0.2) is 31.2 Å². The highest BCUT2D eigenvalue weighted by atomic mass is 79.9. The average molecular weight is 398 g/mol. The molecule has 0 radical (unpaired) electrons. The van der Waals surface area contributed by atoms with Crippen LogP contribution < -0.4 is 4.90 Å². The number of alkyl halides is 1. The Morgan fingerprint density at radius 2 is 1.95 bits per heavy atom. The largest absolute Gasteiger partial charge is 0.372 e. The van der Waals surface area contributed by atoms with Crippen LogP contribution in [0.2, 0.25) is 5.02 Å². The van der Waals surface area contributed by atoms with Crippen molar-refractivity contribution in [2.45, 2.75) is 5.38 Å². The van der Waals surface area contributed by atoms with Crippen LogP contribution in [-0.2, 0) is 0 Å². The van der Waals surface area contributed by atoms with E-state index in [2.05, 4.69) is 40.0 Å². The van der Waals surface area contributed by atoms with Crippen LogP contribution in [0.25, 0.3) is 0 Å². The number of halogens is 3. The molecule has 1 heterocycles. The normalized spacial score (nSPS) is 20.6. The Balaban J connectivity index is 2.23. The molecule has 114 valence electrons.